The Morgan fingerprint density at radius 2 is 2.10 bits per heavy atom. The molecule has 0 radical (unpaired) electrons. The van der Waals surface area contributed by atoms with Crippen LogP contribution in [-0.2, 0) is 0 Å². The van der Waals surface area contributed by atoms with Crippen molar-refractivity contribution < 1.29 is 0 Å². The molecule has 1 aromatic carbocycles. The van der Waals surface area contributed by atoms with Crippen molar-refractivity contribution in [2.45, 2.75) is 0 Å². The number of aromatic nitrogens is 3. The Morgan fingerprint density at radius 3 is 2.80 bits per heavy atom. The van der Waals surface area contributed by atoms with Gasteiger partial charge in [0.2, 0.25) is 0 Å². The fraction of sp³-hybridized carbons (Fsp3) is 0. The van der Waals surface area contributed by atoms with Gasteiger partial charge in [0.05, 0.1) is 11.3 Å². The number of benzene rings is 1. The molecule has 3 aromatic rings. The van der Waals surface area contributed by atoms with E-state index in [9.17, 15) is 0 Å². The highest BCUT2D eigenvalue weighted by Gasteiger charge is 2.00. The molecule has 0 fully saturated rings. The van der Waals surface area contributed by atoms with Gasteiger partial charge in [-0.25, -0.2) is 9.67 Å². The van der Waals surface area contributed by atoms with Crippen molar-refractivity contribution in [2.75, 3.05) is 5.32 Å². The molecule has 0 amide bonds. The van der Waals surface area contributed by atoms with Gasteiger partial charge in [0, 0.05) is 24.3 Å². The molecule has 1 N–H and O–H groups in total. The first kappa shape index (κ1) is 11.9. The smallest absolute Gasteiger partial charge is 0.130 e. The number of anilines is 2. The number of hydrogen-bond acceptors (Lipinski definition) is 4. The lowest BCUT2D eigenvalue weighted by Crippen LogP contribution is -1.97. The van der Waals surface area contributed by atoms with Gasteiger partial charge in [0.1, 0.15) is 11.9 Å². The minimum absolute atomic E-state index is 0.542. The molecule has 0 bridgehead atoms. The monoisotopic (exact) mass is 261 g/mol. The van der Waals surface area contributed by atoms with E-state index in [1.54, 1.807) is 29.2 Å². The number of rotatable bonds is 3. The Kier molecular flexibility index (Phi) is 3.13. The lowest BCUT2D eigenvalue weighted by Gasteiger charge is -2.07. The minimum atomic E-state index is 0.542. The van der Waals surface area contributed by atoms with Crippen LogP contribution in [0, 0.1) is 11.3 Å². The SMILES string of the molecule is N#Cc1ccc(Nc2cccc(-n3cccn3)c2)nc1. The molecule has 2 heterocycles. The van der Waals surface area contributed by atoms with Crippen molar-refractivity contribution >= 4 is 11.5 Å². The lowest BCUT2D eigenvalue weighted by molar-refractivity contribution is 0.881. The predicted octanol–water partition coefficient (Wildman–Crippen LogP) is 2.88. The first-order chi connectivity index (χ1) is 9.85. The molecule has 0 saturated carbocycles. The summed E-state index contributed by atoms with van der Waals surface area (Å²) in [7, 11) is 0. The van der Waals surface area contributed by atoms with Gasteiger partial charge in [0.25, 0.3) is 0 Å². The number of nitrogens with zero attached hydrogens (tertiary/aromatic N) is 4. The standard InChI is InChI=1S/C15H11N5/c16-10-12-5-6-15(17-11-12)19-13-3-1-4-14(9-13)20-8-2-7-18-20/h1-9,11H,(H,17,19). The van der Waals surface area contributed by atoms with E-state index in [1.165, 1.54) is 0 Å². The summed E-state index contributed by atoms with van der Waals surface area (Å²) in [5.74, 6) is 0.696. The van der Waals surface area contributed by atoms with Crippen molar-refractivity contribution in [3.05, 3.63) is 66.6 Å². The van der Waals surface area contributed by atoms with E-state index in [1.807, 2.05) is 42.6 Å². The van der Waals surface area contributed by atoms with Gasteiger partial charge < -0.3 is 5.32 Å². The molecular weight excluding hydrogens is 250 g/mol. The number of nitriles is 1. The Labute approximate surface area is 116 Å². The fourth-order valence-corrected chi connectivity index (χ4v) is 1.83. The van der Waals surface area contributed by atoms with Crippen LogP contribution in [0.5, 0.6) is 0 Å². The molecule has 0 aliphatic carbocycles. The third-order valence-corrected chi connectivity index (χ3v) is 2.78. The van der Waals surface area contributed by atoms with E-state index in [2.05, 4.69) is 15.4 Å². The normalized spacial score (nSPS) is 9.95. The summed E-state index contributed by atoms with van der Waals surface area (Å²) in [5, 5.41) is 16.1. The van der Waals surface area contributed by atoms with E-state index in [0.717, 1.165) is 11.4 Å². The van der Waals surface area contributed by atoms with Gasteiger partial charge in [-0.15, -0.1) is 0 Å². The summed E-state index contributed by atoms with van der Waals surface area (Å²) < 4.78 is 1.79. The molecular formula is C15H11N5. The molecule has 0 unspecified atom stereocenters. The topological polar surface area (TPSA) is 66.5 Å². The summed E-state index contributed by atoms with van der Waals surface area (Å²) >= 11 is 0. The van der Waals surface area contributed by atoms with Crippen LogP contribution in [0.4, 0.5) is 11.5 Å². The average molecular weight is 261 g/mol. The van der Waals surface area contributed by atoms with Gasteiger partial charge in [-0.3, -0.25) is 0 Å². The lowest BCUT2D eigenvalue weighted by atomic mass is 10.2. The molecule has 0 saturated heterocycles. The zero-order valence-electron chi connectivity index (χ0n) is 10.6. The van der Waals surface area contributed by atoms with Gasteiger partial charge in [-0.1, -0.05) is 6.07 Å². The molecule has 0 aliphatic rings. The molecule has 2 aromatic heterocycles. The highest BCUT2D eigenvalue weighted by Crippen LogP contribution is 2.18. The number of nitrogens with one attached hydrogen (secondary N) is 1. The second kappa shape index (κ2) is 5.24. The Morgan fingerprint density at radius 1 is 1.15 bits per heavy atom. The molecule has 20 heavy (non-hydrogen) atoms. The Balaban J connectivity index is 1.84. The van der Waals surface area contributed by atoms with E-state index < -0.39 is 0 Å². The van der Waals surface area contributed by atoms with Crippen molar-refractivity contribution in [2.24, 2.45) is 0 Å². The predicted molar refractivity (Wildman–Crippen MR) is 75.8 cm³/mol. The third-order valence-electron chi connectivity index (χ3n) is 2.78. The zero-order valence-corrected chi connectivity index (χ0v) is 10.6. The van der Waals surface area contributed by atoms with Crippen molar-refractivity contribution in [3.8, 4) is 11.8 Å². The van der Waals surface area contributed by atoms with Gasteiger partial charge in [-0.2, -0.15) is 10.4 Å². The van der Waals surface area contributed by atoms with Gasteiger partial charge in [-0.05, 0) is 36.4 Å². The van der Waals surface area contributed by atoms with Gasteiger partial charge in [0.15, 0.2) is 0 Å². The Bertz CT molecular complexity index is 739. The maximum atomic E-state index is 8.74. The van der Waals surface area contributed by atoms with Crippen LogP contribution in [0.15, 0.2) is 61.1 Å². The van der Waals surface area contributed by atoms with Crippen molar-refractivity contribution in [3.63, 3.8) is 0 Å². The summed E-state index contributed by atoms with van der Waals surface area (Å²) in [6.07, 6.45) is 5.17. The average Bonchev–Trinajstić information content (AvgIpc) is 3.03. The summed E-state index contributed by atoms with van der Waals surface area (Å²) in [5.41, 5.74) is 2.42. The molecule has 0 aliphatic heterocycles. The Hall–Kier alpha value is -3.13. The van der Waals surface area contributed by atoms with Crippen molar-refractivity contribution in [1.29, 1.82) is 5.26 Å². The third kappa shape index (κ3) is 2.49. The summed E-state index contributed by atoms with van der Waals surface area (Å²) in [6, 6.07) is 15.3. The van der Waals surface area contributed by atoms with E-state index >= 15 is 0 Å². The highest BCUT2D eigenvalue weighted by atomic mass is 15.3. The van der Waals surface area contributed by atoms with Crippen molar-refractivity contribution in [1.82, 2.24) is 14.8 Å². The van der Waals surface area contributed by atoms with E-state index in [4.69, 9.17) is 5.26 Å². The maximum Gasteiger partial charge on any atom is 0.130 e. The fourth-order valence-electron chi connectivity index (χ4n) is 1.83. The van der Waals surface area contributed by atoms with Gasteiger partial charge >= 0.3 is 0 Å². The van der Waals surface area contributed by atoms with Crippen LogP contribution in [0.2, 0.25) is 0 Å². The van der Waals surface area contributed by atoms with E-state index in [0.29, 0.717) is 11.4 Å². The van der Waals surface area contributed by atoms with Crippen LogP contribution >= 0.6 is 0 Å². The molecule has 0 atom stereocenters. The van der Waals surface area contributed by atoms with Crippen LogP contribution in [0.1, 0.15) is 5.56 Å². The molecule has 96 valence electrons. The molecule has 5 heteroatoms. The first-order valence-electron chi connectivity index (χ1n) is 6.08. The van der Waals surface area contributed by atoms with Crippen LogP contribution in [0.25, 0.3) is 5.69 Å². The molecule has 3 rings (SSSR count). The number of hydrogen-bond donors (Lipinski definition) is 1. The largest absolute Gasteiger partial charge is 0.340 e. The van der Waals surface area contributed by atoms with E-state index in [-0.39, 0.29) is 0 Å². The minimum Gasteiger partial charge on any atom is -0.340 e. The second-order valence-electron chi connectivity index (χ2n) is 4.17. The summed E-state index contributed by atoms with van der Waals surface area (Å²) in [6.45, 7) is 0. The second-order valence-corrected chi connectivity index (χ2v) is 4.17. The first-order valence-corrected chi connectivity index (χ1v) is 6.08. The molecule has 0 spiro atoms. The van der Waals surface area contributed by atoms with Crippen LogP contribution in [0.3, 0.4) is 0 Å². The quantitative estimate of drug-likeness (QED) is 0.787. The molecule has 5 nitrogen and oxygen atoms in total. The number of pyridine rings is 1. The maximum absolute atomic E-state index is 8.74. The highest BCUT2D eigenvalue weighted by molar-refractivity contribution is 5.59. The van der Waals surface area contributed by atoms with Crippen LogP contribution < -0.4 is 5.32 Å². The summed E-state index contributed by atoms with van der Waals surface area (Å²) in [4.78, 5) is 4.18. The zero-order chi connectivity index (χ0) is 13.8. The van der Waals surface area contributed by atoms with Crippen LogP contribution in [-0.4, -0.2) is 14.8 Å².